The number of hydrogen-bond donors (Lipinski definition) is 0. The molecule has 1 aromatic heterocycles. The van der Waals surface area contributed by atoms with Crippen molar-refractivity contribution in [3.8, 4) is 5.75 Å². The van der Waals surface area contributed by atoms with Crippen molar-refractivity contribution in [2.24, 2.45) is 0 Å². The van der Waals surface area contributed by atoms with Crippen LogP contribution in [0.25, 0.3) is 11.0 Å². The van der Waals surface area contributed by atoms with E-state index in [1.54, 1.807) is 7.11 Å². The van der Waals surface area contributed by atoms with Crippen molar-refractivity contribution in [1.82, 2.24) is 14.5 Å². The zero-order chi connectivity index (χ0) is 19.3. The Bertz CT molecular complexity index is 992. The lowest BCUT2D eigenvalue weighted by Crippen LogP contribution is -2.39. The summed E-state index contributed by atoms with van der Waals surface area (Å²) in [7, 11) is 1.65. The largest absolute Gasteiger partial charge is 0.497 e. The molecule has 4 rings (SSSR count). The molecule has 1 aliphatic rings. The monoisotopic (exact) mass is 379 g/mol. The van der Waals surface area contributed by atoms with Gasteiger partial charge in [-0.2, -0.15) is 0 Å². The summed E-state index contributed by atoms with van der Waals surface area (Å²) < 4.78 is 12.5. The van der Waals surface area contributed by atoms with Crippen molar-refractivity contribution in [2.75, 3.05) is 40.0 Å². The molecule has 146 valence electrons. The number of fused-ring (bicyclic) bond motifs is 1. The predicted octanol–water partition coefficient (Wildman–Crippen LogP) is 2.33. The summed E-state index contributed by atoms with van der Waals surface area (Å²) in [4.78, 5) is 20.2. The predicted molar refractivity (Wildman–Crippen MR) is 109 cm³/mol. The van der Waals surface area contributed by atoms with Crippen LogP contribution >= 0.6 is 0 Å². The van der Waals surface area contributed by atoms with Crippen LogP contribution in [-0.2, 0) is 17.7 Å². The van der Waals surface area contributed by atoms with Gasteiger partial charge in [-0.3, -0.25) is 9.69 Å². The Balaban J connectivity index is 1.64. The van der Waals surface area contributed by atoms with Crippen LogP contribution in [0.2, 0.25) is 0 Å². The number of benzene rings is 2. The van der Waals surface area contributed by atoms with Gasteiger partial charge in [-0.15, -0.1) is 0 Å². The van der Waals surface area contributed by atoms with Crippen molar-refractivity contribution in [2.45, 2.75) is 13.0 Å². The van der Waals surface area contributed by atoms with Crippen LogP contribution in [0.3, 0.4) is 0 Å². The number of para-hydroxylation sites is 2. The lowest BCUT2D eigenvalue weighted by molar-refractivity contribution is 0.0364. The van der Waals surface area contributed by atoms with Crippen LogP contribution in [0.15, 0.2) is 53.3 Å². The standard InChI is InChI=1S/C22H25N3O3/c1-27-18-8-6-17(7-9-18)16-20-22(26)25(11-10-24-12-14-28-15-13-24)21-5-3-2-4-19(21)23-20/h2-9H,10-16H2,1H3. The van der Waals surface area contributed by atoms with E-state index in [1.807, 2.05) is 53.1 Å². The van der Waals surface area contributed by atoms with Crippen LogP contribution in [0.4, 0.5) is 0 Å². The van der Waals surface area contributed by atoms with E-state index in [9.17, 15) is 4.79 Å². The second-order valence-corrected chi connectivity index (χ2v) is 6.98. The zero-order valence-corrected chi connectivity index (χ0v) is 16.1. The fourth-order valence-corrected chi connectivity index (χ4v) is 3.59. The molecule has 28 heavy (non-hydrogen) atoms. The summed E-state index contributed by atoms with van der Waals surface area (Å²) in [5, 5.41) is 0. The van der Waals surface area contributed by atoms with Gasteiger partial charge in [0.2, 0.25) is 0 Å². The number of methoxy groups -OCH3 is 1. The molecule has 0 N–H and O–H groups in total. The summed E-state index contributed by atoms with van der Waals surface area (Å²) in [5.74, 6) is 0.804. The Labute approximate surface area is 164 Å². The third-order valence-corrected chi connectivity index (χ3v) is 5.19. The number of nitrogens with zero attached hydrogens (tertiary/aromatic N) is 3. The summed E-state index contributed by atoms with van der Waals surface area (Å²) in [6, 6.07) is 15.6. The first-order valence-electron chi connectivity index (χ1n) is 9.66. The van der Waals surface area contributed by atoms with Crippen LogP contribution in [-0.4, -0.2) is 54.4 Å². The first-order valence-corrected chi connectivity index (χ1v) is 9.66. The zero-order valence-electron chi connectivity index (χ0n) is 16.1. The third kappa shape index (κ3) is 4.08. The Morgan fingerprint density at radius 3 is 2.54 bits per heavy atom. The minimum Gasteiger partial charge on any atom is -0.497 e. The normalized spacial score (nSPS) is 15.0. The van der Waals surface area contributed by atoms with E-state index in [-0.39, 0.29) is 5.56 Å². The molecule has 1 aliphatic heterocycles. The fraction of sp³-hybridized carbons (Fsp3) is 0.364. The highest BCUT2D eigenvalue weighted by molar-refractivity contribution is 5.74. The van der Waals surface area contributed by atoms with E-state index in [0.717, 1.165) is 55.2 Å². The second-order valence-electron chi connectivity index (χ2n) is 6.98. The molecule has 2 heterocycles. The quantitative estimate of drug-likeness (QED) is 0.658. The average molecular weight is 379 g/mol. The molecule has 0 unspecified atom stereocenters. The van der Waals surface area contributed by atoms with Crippen LogP contribution < -0.4 is 10.3 Å². The Morgan fingerprint density at radius 2 is 1.79 bits per heavy atom. The second kappa shape index (κ2) is 8.54. The molecule has 2 aromatic carbocycles. The van der Waals surface area contributed by atoms with Crippen molar-refractivity contribution in [1.29, 1.82) is 0 Å². The number of aromatic nitrogens is 2. The molecular weight excluding hydrogens is 354 g/mol. The Kier molecular flexibility index (Phi) is 5.69. The van der Waals surface area contributed by atoms with E-state index in [0.29, 0.717) is 18.7 Å². The van der Waals surface area contributed by atoms with Gasteiger partial charge in [-0.1, -0.05) is 24.3 Å². The van der Waals surface area contributed by atoms with Crippen molar-refractivity contribution >= 4 is 11.0 Å². The van der Waals surface area contributed by atoms with E-state index < -0.39 is 0 Å². The molecule has 0 atom stereocenters. The highest BCUT2D eigenvalue weighted by atomic mass is 16.5. The molecule has 6 heteroatoms. The topological polar surface area (TPSA) is 56.6 Å². The molecule has 1 saturated heterocycles. The van der Waals surface area contributed by atoms with Crippen molar-refractivity contribution < 1.29 is 9.47 Å². The molecule has 0 saturated carbocycles. The molecule has 3 aromatic rings. The van der Waals surface area contributed by atoms with Crippen LogP contribution in [0.5, 0.6) is 5.75 Å². The lowest BCUT2D eigenvalue weighted by atomic mass is 10.1. The molecule has 0 aliphatic carbocycles. The van der Waals surface area contributed by atoms with Gasteiger partial charge in [0, 0.05) is 32.6 Å². The molecule has 0 radical (unpaired) electrons. The first-order chi connectivity index (χ1) is 13.7. The number of morpholine rings is 1. The number of rotatable bonds is 6. The van der Waals surface area contributed by atoms with E-state index >= 15 is 0 Å². The van der Waals surface area contributed by atoms with Crippen LogP contribution in [0.1, 0.15) is 11.3 Å². The van der Waals surface area contributed by atoms with Gasteiger partial charge in [-0.25, -0.2) is 4.98 Å². The maximum Gasteiger partial charge on any atom is 0.273 e. The summed E-state index contributed by atoms with van der Waals surface area (Å²) in [5.41, 5.74) is 3.35. The van der Waals surface area contributed by atoms with Gasteiger partial charge in [0.1, 0.15) is 11.4 Å². The van der Waals surface area contributed by atoms with E-state index in [2.05, 4.69) is 9.88 Å². The van der Waals surface area contributed by atoms with E-state index in [4.69, 9.17) is 9.47 Å². The molecule has 0 spiro atoms. The summed E-state index contributed by atoms with van der Waals surface area (Å²) in [6.45, 7) is 4.83. The molecule has 0 bridgehead atoms. The summed E-state index contributed by atoms with van der Waals surface area (Å²) in [6.07, 6.45) is 0.505. The van der Waals surface area contributed by atoms with Gasteiger partial charge in [0.05, 0.1) is 31.4 Å². The maximum absolute atomic E-state index is 13.2. The van der Waals surface area contributed by atoms with Gasteiger partial charge >= 0.3 is 0 Å². The number of ether oxygens (including phenoxy) is 2. The van der Waals surface area contributed by atoms with Gasteiger partial charge in [-0.05, 0) is 29.8 Å². The van der Waals surface area contributed by atoms with Crippen molar-refractivity contribution in [3.63, 3.8) is 0 Å². The lowest BCUT2D eigenvalue weighted by Gasteiger charge is -2.27. The highest BCUT2D eigenvalue weighted by Gasteiger charge is 2.14. The van der Waals surface area contributed by atoms with Crippen molar-refractivity contribution in [3.05, 3.63) is 70.1 Å². The van der Waals surface area contributed by atoms with Gasteiger partial charge in [0.15, 0.2) is 0 Å². The van der Waals surface area contributed by atoms with E-state index in [1.165, 1.54) is 0 Å². The maximum atomic E-state index is 13.2. The van der Waals surface area contributed by atoms with Crippen LogP contribution in [0, 0.1) is 0 Å². The third-order valence-electron chi connectivity index (χ3n) is 5.19. The molecular formula is C22H25N3O3. The van der Waals surface area contributed by atoms with Gasteiger partial charge in [0.25, 0.3) is 5.56 Å². The molecule has 1 fully saturated rings. The SMILES string of the molecule is COc1ccc(Cc2nc3ccccc3n(CCN3CCOCC3)c2=O)cc1. The summed E-state index contributed by atoms with van der Waals surface area (Å²) >= 11 is 0. The smallest absolute Gasteiger partial charge is 0.273 e. The highest BCUT2D eigenvalue weighted by Crippen LogP contribution is 2.15. The minimum atomic E-state index is -0.0113. The Hall–Kier alpha value is -2.70. The first kappa shape index (κ1) is 18.7. The average Bonchev–Trinajstić information content (AvgIpc) is 2.75. The minimum absolute atomic E-state index is 0.0113. The fourth-order valence-electron chi connectivity index (χ4n) is 3.59. The molecule has 6 nitrogen and oxygen atoms in total. The molecule has 0 amide bonds. The number of hydrogen-bond acceptors (Lipinski definition) is 5. The Morgan fingerprint density at radius 1 is 1.04 bits per heavy atom. The van der Waals surface area contributed by atoms with Gasteiger partial charge < -0.3 is 14.0 Å².